The number of nitrogens with one attached hydrogen (secondary N) is 2. The summed E-state index contributed by atoms with van der Waals surface area (Å²) in [5.74, 6) is 1.94. The highest BCUT2D eigenvalue weighted by molar-refractivity contribution is 6.32. The van der Waals surface area contributed by atoms with E-state index in [0.717, 1.165) is 44.1 Å². The van der Waals surface area contributed by atoms with E-state index in [1.165, 1.54) is 0 Å². The van der Waals surface area contributed by atoms with E-state index in [0.29, 0.717) is 42.9 Å². The largest absolute Gasteiger partial charge is 0.493 e. The number of halogens is 1. The van der Waals surface area contributed by atoms with Gasteiger partial charge in [-0.1, -0.05) is 11.6 Å². The van der Waals surface area contributed by atoms with Gasteiger partial charge in [-0.2, -0.15) is 0 Å². The summed E-state index contributed by atoms with van der Waals surface area (Å²) in [7, 11) is 1.60. The first-order valence-electron chi connectivity index (χ1n) is 9.88. The zero-order chi connectivity index (χ0) is 20.2. The molecule has 1 aliphatic rings. The molecule has 8 heteroatoms. The average Bonchev–Trinajstić information content (AvgIpc) is 3.21. The van der Waals surface area contributed by atoms with Gasteiger partial charge in [-0.05, 0) is 44.4 Å². The van der Waals surface area contributed by atoms with Crippen molar-refractivity contribution in [2.24, 2.45) is 4.99 Å². The molecule has 2 rings (SSSR count). The quantitative estimate of drug-likeness (QED) is 0.330. The summed E-state index contributed by atoms with van der Waals surface area (Å²) in [4.78, 5) is 4.63. The van der Waals surface area contributed by atoms with Crippen LogP contribution in [-0.4, -0.2) is 58.7 Å². The van der Waals surface area contributed by atoms with Crippen molar-refractivity contribution in [2.45, 2.75) is 39.3 Å². The van der Waals surface area contributed by atoms with Crippen molar-refractivity contribution in [1.29, 1.82) is 0 Å². The molecule has 0 aromatic heterocycles. The van der Waals surface area contributed by atoms with Gasteiger partial charge in [0.1, 0.15) is 0 Å². The molecule has 158 valence electrons. The molecule has 1 unspecified atom stereocenters. The molecule has 1 heterocycles. The Bertz CT molecular complexity index is 622. The molecular weight excluding hydrogens is 382 g/mol. The first-order chi connectivity index (χ1) is 13.7. The number of nitrogens with zero attached hydrogens (tertiary/aromatic N) is 1. The second kappa shape index (κ2) is 12.7. The lowest BCUT2D eigenvalue weighted by Crippen LogP contribution is -2.38. The Morgan fingerprint density at radius 2 is 2.18 bits per heavy atom. The van der Waals surface area contributed by atoms with Gasteiger partial charge in [-0.15, -0.1) is 0 Å². The molecule has 0 bridgehead atoms. The molecule has 0 aliphatic carbocycles. The SMILES string of the molecule is CCNC(=NCc1cc(Cl)c(OCC)c(OC)c1)NCCCOC1CCOC1. The van der Waals surface area contributed by atoms with Crippen LogP contribution < -0.4 is 20.1 Å². The summed E-state index contributed by atoms with van der Waals surface area (Å²) >= 11 is 6.33. The Labute approximate surface area is 172 Å². The second-order valence-corrected chi connectivity index (χ2v) is 6.78. The molecule has 28 heavy (non-hydrogen) atoms. The van der Waals surface area contributed by atoms with Gasteiger partial charge in [-0.25, -0.2) is 4.99 Å². The molecule has 2 N–H and O–H groups in total. The standard InChI is InChI=1S/C20H32ClN3O4/c1-4-22-20(23-8-6-9-28-16-7-10-26-14-16)24-13-15-11-17(21)19(27-5-2)18(12-15)25-3/h11-12,16H,4-10,13-14H2,1-3H3,(H2,22,23,24). The number of guanidine groups is 1. The number of hydrogen-bond donors (Lipinski definition) is 2. The van der Waals surface area contributed by atoms with Crippen LogP contribution in [0.1, 0.15) is 32.3 Å². The summed E-state index contributed by atoms with van der Waals surface area (Å²) in [5.41, 5.74) is 0.951. The molecule has 1 saturated heterocycles. The van der Waals surface area contributed by atoms with E-state index in [9.17, 15) is 0 Å². The van der Waals surface area contributed by atoms with Gasteiger partial charge in [-0.3, -0.25) is 0 Å². The van der Waals surface area contributed by atoms with E-state index in [1.54, 1.807) is 7.11 Å². The van der Waals surface area contributed by atoms with E-state index in [1.807, 2.05) is 26.0 Å². The van der Waals surface area contributed by atoms with Crippen molar-refractivity contribution in [3.8, 4) is 11.5 Å². The van der Waals surface area contributed by atoms with Crippen LogP contribution >= 0.6 is 11.6 Å². The Morgan fingerprint density at radius 3 is 2.86 bits per heavy atom. The molecule has 1 aliphatic heterocycles. The fourth-order valence-electron chi connectivity index (χ4n) is 2.83. The molecule has 0 saturated carbocycles. The average molecular weight is 414 g/mol. The van der Waals surface area contributed by atoms with Crippen LogP contribution in [0.3, 0.4) is 0 Å². The number of methoxy groups -OCH3 is 1. The van der Waals surface area contributed by atoms with Gasteiger partial charge in [0, 0.05) is 26.3 Å². The molecular formula is C20H32ClN3O4. The Balaban J connectivity index is 1.85. The lowest BCUT2D eigenvalue weighted by molar-refractivity contribution is 0.0420. The van der Waals surface area contributed by atoms with E-state index >= 15 is 0 Å². The minimum absolute atomic E-state index is 0.251. The maximum Gasteiger partial charge on any atom is 0.191 e. The Hall–Kier alpha value is -1.70. The van der Waals surface area contributed by atoms with Crippen molar-refractivity contribution in [3.63, 3.8) is 0 Å². The highest BCUT2D eigenvalue weighted by atomic mass is 35.5. The fourth-order valence-corrected chi connectivity index (χ4v) is 3.12. The zero-order valence-electron chi connectivity index (χ0n) is 17.1. The number of aliphatic imine (C=N–C) groups is 1. The minimum atomic E-state index is 0.251. The molecule has 1 atom stereocenters. The van der Waals surface area contributed by atoms with Crippen LogP contribution in [0.4, 0.5) is 0 Å². The molecule has 0 radical (unpaired) electrons. The molecule has 1 aromatic rings. The second-order valence-electron chi connectivity index (χ2n) is 6.37. The van der Waals surface area contributed by atoms with Crippen molar-refractivity contribution in [1.82, 2.24) is 10.6 Å². The van der Waals surface area contributed by atoms with E-state index in [4.69, 9.17) is 30.5 Å². The highest BCUT2D eigenvalue weighted by Gasteiger charge is 2.15. The summed E-state index contributed by atoms with van der Waals surface area (Å²) in [6, 6.07) is 3.76. The molecule has 7 nitrogen and oxygen atoms in total. The summed E-state index contributed by atoms with van der Waals surface area (Å²) in [6.07, 6.45) is 2.15. The fraction of sp³-hybridized carbons (Fsp3) is 0.650. The van der Waals surface area contributed by atoms with Gasteiger partial charge in [0.2, 0.25) is 0 Å². The van der Waals surface area contributed by atoms with Gasteiger partial charge in [0.25, 0.3) is 0 Å². The smallest absolute Gasteiger partial charge is 0.191 e. The van der Waals surface area contributed by atoms with Gasteiger partial charge >= 0.3 is 0 Å². The normalized spacial score (nSPS) is 16.9. The zero-order valence-corrected chi connectivity index (χ0v) is 17.8. The third-order valence-corrected chi connectivity index (χ3v) is 4.48. The van der Waals surface area contributed by atoms with Gasteiger partial charge < -0.3 is 29.6 Å². The molecule has 0 spiro atoms. The monoisotopic (exact) mass is 413 g/mol. The molecule has 1 fully saturated rings. The molecule has 0 amide bonds. The van der Waals surface area contributed by atoms with Gasteiger partial charge in [0.05, 0.1) is 38.0 Å². The van der Waals surface area contributed by atoms with Crippen LogP contribution in [0.15, 0.2) is 17.1 Å². The van der Waals surface area contributed by atoms with Crippen LogP contribution in [0.5, 0.6) is 11.5 Å². The number of rotatable bonds is 11. The third kappa shape index (κ3) is 7.37. The van der Waals surface area contributed by atoms with E-state index in [2.05, 4.69) is 15.6 Å². The minimum Gasteiger partial charge on any atom is -0.493 e. The predicted molar refractivity (Wildman–Crippen MR) is 112 cm³/mol. The maximum absolute atomic E-state index is 6.33. The van der Waals surface area contributed by atoms with E-state index < -0.39 is 0 Å². The van der Waals surface area contributed by atoms with Crippen molar-refractivity contribution in [3.05, 3.63) is 22.7 Å². The Kier molecular flexibility index (Phi) is 10.2. The lowest BCUT2D eigenvalue weighted by Gasteiger charge is -2.14. The van der Waals surface area contributed by atoms with Crippen LogP contribution in [0, 0.1) is 0 Å². The predicted octanol–water partition coefficient (Wildman–Crippen LogP) is 3.00. The van der Waals surface area contributed by atoms with Crippen LogP contribution in [0.25, 0.3) is 0 Å². The lowest BCUT2D eigenvalue weighted by atomic mass is 10.2. The van der Waals surface area contributed by atoms with E-state index in [-0.39, 0.29) is 6.10 Å². The molecule has 1 aromatic carbocycles. The summed E-state index contributed by atoms with van der Waals surface area (Å²) < 4.78 is 22.0. The van der Waals surface area contributed by atoms with Crippen molar-refractivity contribution < 1.29 is 18.9 Å². The first-order valence-corrected chi connectivity index (χ1v) is 10.3. The third-order valence-electron chi connectivity index (χ3n) is 4.20. The topological polar surface area (TPSA) is 73.3 Å². The number of hydrogen-bond acceptors (Lipinski definition) is 5. The van der Waals surface area contributed by atoms with Crippen molar-refractivity contribution >= 4 is 17.6 Å². The highest BCUT2D eigenvalue weighted by Crippen LogP contribution is 2.36. The first kappa shape index (κ1) is 22.6. The number of ether oxygens (including phenoxy) is 4. The Morgan fingerprint density at radius 1 is 1.32 bits per heavy atom. The van der Waals surface area contributed by atoms with Gasteiger partial charge in [0.15, 0.2) is 17.5 Å². The maximum atomic E-state index is 6.33. The summed E-state index contributed by atoms with van der Waals surface area (Å²) in [5, 5.41) is 7.10. The number of benzene rings is 1. The van der Waals surface area contributed by atoms with Crippen molar-refractivity contribution in [2.75, 3.05) is 46.6 Å². The van der Waals surface area contributed by atoms with Crippen LogP contribution in [0.2, 0.25) is 5.02 Å². The van der Waals surface area contributed by atoms with Crippen LogP contribution in [-0.2, 0) is 16.0 Å². The summed E-state index contributed by atoms with van der Waals surface area (Å²) in [6.45, 7) is 8.76.